The third-order valence-corrected chi connectivity index (χ3v) is 3.95. The number of hydrogen-bond donors (Lipinski definition) is 1. The van der Waals surface area contributed by atoms with Crippen molar-refractivity contribution in [1.82, 2.24) is 5.32 Å². The van der Waals surface area contributed by atoms with E-state index in [4.69, 9.17) is 9.15 Å². The van der Waals surface area contributed by atoms with Gasteiger partial charge in [0.05, 0.1) is 6.04 Å². The highest BCUT2D eigenvalue weighted by molar-refractivity contribution is 5.10. The molecule has 1 N–H and O–H groups in total. The summed E-state index contributed by atoms with van der Waals surface area (Å²) >= 11 is 0. The molecule has 0 saturated heterocycles. The molecule has 3 nitrogen and oxygen atoms in total. The predicted molar refractivity (Wildman–Crippen MR) is 72.4 cm³/mol. The van der Waals surface area contributed by atoms with E-state index < -0.39 is 0 Å². The molecule has 1 aromatic heterocycles. The summed E-state index contributed by atoms with van der Waals surface area (Å²) in [6.45, 7) is 0.555. The second kappa shape index (κ2) is 6.95. The maximum absolute atomic E-state index is 5.83. The van der Waals surface area contributed by atoms with Crippen molar-refractivity contribution in [2.24, 2.45) is 5.92 Å². The van der Waals surface area contributed by atoms with Crippen LogP contribution in [-0.4, -0.2) is 14.2 Å². The van der Waals surface area contributed by atoms with Gasteiger partial charge in [-0.15, -0.1) is 0 Å². The molecule has 1 atom stereocenters. The van der Waals surface area contributed by atoms with E-state index in [9.17, 15) is 0 Å². The van der Waals surface area contributed by atoms with Crippen molar-refractivity contribution in [3.8, 4) is 0 Å². The molecule has 18 heavy (non-hydrogen) atoms. The Morgan fingerprint density at radius 3 is 2.78 bits per heavy atom. The van der Waals surface area contributed by atoms with Gasteiger partial charge in [-0.1, -0.05) is 32.1 Å². The molecule has 2 rings (SSSR count). The van der Waals surface area contributed by atoms with Crippen molar-refractivity contribution in [3.05, 3.63) is 23.7 Å². The van der Waals surface area contributed by atoms with Crippen molar-refractivity contribution in [1.29, 1.82) is 0 Å². The summed E-state index contributed by atoms with van der Waals surface area (Å²) in [5.74, 6) is 2.82. The maximum Gasteiger partial charge on any atom is 0.129 e. The van der Waals surface area contributed by atoms with Crippen LogP contribution in [0.15, 0.2) is 16.5 Å². The summed E-state index contributed by atoms with van der Waals surface area (Å²) in [5, 5.41) is 3.39. The monoisotopic (exact) mass is 251 g/mol. The van der Waals surface area contributed by atoms with Gasteiger partial charge in [0.2, 0.25) is 0 Å². The van der Waals surface area contributed by atoms with Gasteiger partial charge in [0, 0.05) is 7.11 Å². The van der Waals surface area contributed by atoms with Crippen LogP contribution >= 0.6 is 0 Å². The van der Waals surface area contributed by atoms with Crippen molar-refractivity contribution >= 4 is 0 Å². The standard InChI is InChI=1S/C15H25NO2/c1-16-14(10-12-6-4-3-5-7-12)15-9-8-13(18-15)11-17-2/h8-9,12,14,16H,3-7,10-11H2,1-2H3. The molecule has 3 heteroatoms. The van der Waals surface area contributed by atoms with Gasteiger partial charge in [-0.05, 0) is 31.5 Å². The molecule has 102 valence electrons. The quantitative estimate of drug-likeness (QED) is 0.838. The molecular weight excluding hydrogens is 226 g/mol. The first-order valence-electron chi connectivity index (χ1n) is 7.08. The Labute approximate surface area is 110 Å². The molecule has 1 saturated carbocycles. The van der Waals surface area contributed by atoms with Gasteiger partial charge < -0.3 is 14.5 Å². The average molecular weight is 251 g/mol. The molecule has 0 aliphatic heterocycles. The van der Waals surface area contributed by atoms with Gasteiger partial charge in [-0.25, -0.2) is 0 Å². The van der Waals surface area contributed by atoms with Crippen molar-refractivity contribution in [2.45, 2.75) is 51.2 Å². The molecule has 0 bridgehead atoms. The van der Waals surface area contributed by atoms with Gasteiger partial charge in [-0.3, -0.25) is 0 Å². The SMILES string of the molecule is CNC(CC1CCCCC1)c1ccc(COC)o1. The summed E-state index contributed by atoms with van der Waals surface area (Å²) in [4.78, 5) is 0. The number of hydrogen-bond acceptors (Lipinski definition) is 3. The molecule has 0 spiro atoms. The van der Waals surface area contributed by atoms with E-state index in [1.807, 2.05) is 13.1 Å². The van der Waals surface area contributed by atoms with Crippen LogP contribution in [0, 0.1) is 5.92 Å². The number of ether oxygens (including phenoxy) is 1. The molecule has 1 aromatic rings. The van der Waals surface area contributed by atoms with Crippen LogP contribution in [0.2, 0.25) is 0 Å². The van der Waals surface area contributed by atoms with Crippen LogP contribution in [0.4, 0.5) is 0 Å². The molecule has 1 aliphatic carbocycles. The first-order valence-corrected chi connectivity index (χ1v) is 7.08. The predicted octanol–water partition coefficient (Wildman–Crippen LogP) is 3.66. The van der Waals surface area contributed by atoms with Crippen LogP contribution in [0.3, 0.4) is 0 Å². The summed E-state index contributed by atoms with van der Waals surface area (Å²) in [7, 11) is 3.71. The van der Waals surface area contributed by atoms with Crippen LogP contribution < -0.4 is 5.32 Å². The normalized spacial score (nSPS) is 19.0. The zero-order valence-electron chi connectivity index (χ0n) is 11.6. The smallest absolute Gasteiger partial charge is 0.129 e. The molecule has 1 unspecified atom stereocenters. The van der Waals surface area contributed by atoms with Gasteiger partial charge in [0.25, 0.3) is 0 Å². The van der Waals surface area contributed by atoms with E-state index in [1.165, 1.54) is 38.5 Å². The van der Waals surface area contributed by atoms with E-state index >= 15 is 0 Å². The first kappa shape index (κ1) is 13.6. The zero-order chi connectivity index (χ0) is 12.8. The van der Waals surface area contributed by atoms with Gasteiger partial charge in [-0.2, -0.15) is 0 Å². The van der Waals surface area contributed by atoms with E-state index in [0.29, 0.717) is 12.6 Å². The molecule has 0 amide bonds. The van der Waals surface area contributed by atoms with E-state index in [-0.39, 0.29) is 0 Å². The number of methoxy groups -OCH3 is 1. The lowest BCUT2D eigenvalue weighted by atomic mass is 9.84. The van der Waals surface area contributed by atoms with Crippen molar-refractivity contribution in [3.63, 3.8) is 0 Å². The minimum Gasteiger partial charge on any atom is -0.462 e. The molecule has 0 radical (unpaired) electrons. The first-order chi connectivity index (χ1) is 8.83. The van der Waals surface area contributed by atoms with Crippen LogP contribution in [0.1, 0.15) is 56.1 Å². The van der Waals surface area contributed by atoms with Crippen molar-refractivity contribution in [2.75, 3.05) is 14.2 Å². The Bertz CT molecular complexity index is 342. The van der Waals surface area contributed by atoms with Crippen molar-refractivity contribution < 1.29 is 9.15 Å². The highest BCUT2D eigenvalue weighted by Crippen LogP contribution is 2.32. The summed E-state index contributed by atoms with van der Waals surface area (Å²) in [6, 6.07) is 4.45. The lowest BCUT2D eigenvalue weighted by Gasteiger charge is -2.25. The number of rotatable bonds is 6. The highest BCUT2D eigenvalue weighted by Gasteiger charge is 2.21. The lowest BCUT2D eigenvalue weighted by Crippen LogP contribution is -2.20. The fourth-order valence-electron chi connectivity index (χ4n) is 2.93. The Kier molecular flexibility index (Phi) is 5.26. The zero-order valence-corrected chi connectivity index (χ0v) is 11.6. The molecule has 1 aliphatic rings. The largest absolute Gasteiger partial charge is 0.462 e. The lowest BCUT2D eigenvalue weighted by molar-refractivity contribution is 0.160. The number of furan rings is 1. The van der Waals surface area contributed by atoms with Crippen LogP contribution in [-0.2, 0) is 11.3 Å². The second-order valence-corrected chi connectivity index (χ2v) is 5.32. The Morgan fingerprint density at radius 1 is 1.33 bits per heavy atom. The third kappa shape index (κ3) is 3.59. The van der Waals surface area contributed by atoms with E-state index in [0.717, 1.165) is 17.4 Å². The summed E-state index contributed by atoms with van der Waals surface area (Å²) in [5.41, 5.74) is 0. The van der Waals surface area contributed by atoms with Gasteiger partial charge >= 0.3 is 0 Å². The van der Waals surface area contributed by atoms with Gasteiger partial charge in [0.1, 0.15) is 18.1 Å². The van der Waals surface area contributed by atoms with Crippen LogP contribution in [0.5, 0.6) is 0 Å². The molecular formula is C15H25NO2. The highest BCUT2D eigenvalue weighted by atomic mass is 16.5. The van der Waals surface area contributed by atoms with Gasteiger partial charge in [0.15, 0.2) is 0 Å². The topological polar surface area (TPSA) is 34.4 Å². The molecule has 1 heterocycles. The number of nitrogens with one attached hydrogen (secondary N) is 1. The molecule has 0 aromatic carbocycles. The second-order valence-electron chi connectivity index (χ2n) is 5.32. The van der Waals surface area contributed by atoms with E-state index in [2.05, 4.69) is 11.4 Å². The van der Waals surface area contributed by atoms with E-state index in [1.54, 1.807) is 7.11 Å². The molecule has 1 fully saturated rings. The Hall–Kier alpha value is -0.800. The van der Waals surface area contributed by atoms with Crippen LogP contribution in [0.25, 0.3) is 0 Å². The summed E-state index contributed by atoms with van der Waals surface area (Å²) < 4.78 is 10.9. The fraction of sp³-hybridized carbons (Fsp3) is 0.733. The third-order valence-electron chi connectivity index (χ3n) is 3.95. The minimum absolute atomic E-state index is 0.346. The Morgan fingerprint density at radius 2 is 2.11 bits per heavy atom. The Balaban J connectivity index is 1.93. The average Bonchev–Trinajstić information content (AvgIpc) is 2.86. The fourth-order valence-corrected chi connectivity index (χ4v) is 2.93. The minimum atomic E-state index is 0.346. The maximum atomic E-state index is 5.83. The summed E-state index contributed by atoms with van der Waals surface area (Å²) in [6.07, 6.45) is 8.16.